The molecule has 5 nitrogen and oxygen atoms in total. The molecule has 1 heterocycles. The van der Waals surface area contributed by atoms with Gasteiger partial charge in [0.1, 0.15) is 0 Å². The van der Waals surface area contributed by atoms with Gasteiger partial charge in [0, 0.05) is 24.5 Å². The van der Waals surface area contributed by atoms with E-state index < -0.39 is 18.3 Å². The quantitative estimate of drug-likeness (QED) is 0.418. The number of hydrogen-bond donors (Lipinski definition) is 4. The van der Waals surface area contributed by atoms with E-state index in [1.165, 1.54) is 6.08 Å². The maximum atomic E-state index is 12.0. The number of amides is 1. The van der Waals surface area contributed by atoms with Gasteiger partial charge in [-0.05, 0) is 33.6 Å². The van der Waals surface area contributed by atoms with Crippen LogP contribution in [-0.2, 0) is 4.79 Å². The summed E-state index contributed by atoms with van der Waals surface area (Å²) in [6.07, 6.45) is 24.3. The van der Waals surface area contributed by atoms with Crippen molar-refractivity contribution in [2.75, 3.05) is 0 Å². The molecule has 0 spiro atoms. The Morgan fingerprint density at radius 3 is 2.26 bits per heavy atom. The van der Waals surface area contributed by atoms with E-state index in [2.05, 4.69) is 11.4 Å². The SMILES string of the molecule is CC1=CC=CC[C@H](C)NC(=O)C=CC=CC=C[C@H](C)[C@@H](O)C[C@@H](O)C[C@@H](O)C=CC=CC(C)=C1. The van der Waals surface area contributed by atoms with Gasteiger partial charge in [-0.25, -0.2) is 0 Å². The molecule has 0 aromatic rings. The molecule has 0 fully saturated rings. The van der Waals surface area contributed by atoms with Crippen molar-refractivity contribution in [2.45, 2.75) is 71.3 Å². The van der Waals surface area contributed by atoms with Crippen molar-refractivity contribution in [3.8, 4) is 0 Å². The molecule has 1 rings (SSSR count). The Balaban J connectivity index is 2.93. The van der Waals surface area contributed by atoms with Crippen molar-refractivity contribution in [3.05, 3.63) is 96.2 Å². The first-order valence-electron chi connectivity index (χ1n) is 11.9. The Morgan fingerprint density at radius 2 is 1.50 bits per heavy atom. The lowest BCUT2D eigenvalue weighted by Gasteiger charge is -2.20. The second-order valence-corrected chi connectivity index (χ2v) is 8.86. The second kappa shape index (κ2) is 16.8. The summed E-state index contributed by atoms with van der Waals surface area (Å²) in [4.78, 5) is 12.0. The van der Waals surface area contributed by atoms with Crippen LogP contribution in [-0.4, -0.2) is 45.6 Å². The minimum Gasteiger partial charge on any atom is -0.393 e. The van der Waals surface area contributed by atoms with Gasteiger partial charge < -0.3 is 20.6 Å². The number of aliphatic hydroxyl groups is 3. The van der Waals surface area contributed by atoms with Crippen LogP contribution in [0.1, 0.15) is 47.0 Å². The molecule has 34 heavy (non-hydrogen) atoms. The van der Waals surface area contributed by atoms with Crippen LogP contribution < -0.4 is 5.32 Å². The summed E-state index contributed by atoms with van der Waals surface area (Å²) in [6.45, 7) is 7.84. The van der Waals surface area contributed by atoms with Gasteiger partial charge in [0.15, 0.2) is 0 Å². The molecule has 1 amide bonds. The molecule has 0 aromatic carbocycles. The van der Waals surface area contributed by atoms with E-state index in [1.807, 2.05) is 64.2 Å². The summed E-state index contributed by atoms with van der Waals surface area (Å²) in [5.74, 6) is -0.316. The molecule has 5 atom stereocenters. The molecule has 4 N–H and O–H groups in total. The van der Waals surface area contributed by atoms with Crippen molar-refractivity contribution in [1.29, 1.82) is 0 Å². The van der Waals surface area contributed by atoms with Gasteiger partial charge in [0.2, 0.25) is 5.91 Å². The number of allylic oxidation sites excluding steroid dienone is 12. The van der Waals surface area contributed by atoms with Gasteiger partial charge in [-0.1, -0.05) is 97.1 Å². The van der Waals surface area contributed by atoms with E-state index >= 15 is 0 Å². The largest absolute Gasteiger partial charge is 0.393 e. The summed E-state index contributed by atoms with van der Waals surface area (Å²) < 4.78 is 0. The van der Waals surface area contributed by atoms with Crippen LogP contribution in [0.25, 0.3) is 0 Å². The van der Waals surface area contributed by atoms with E-state index in [9.17, 15) is 20.1 Å². The summed E-state index contributed by atoms with van der Waals surface area (Å²) in [7, 11) is 0. The lowest BCUT2D eigenvalue weighted by Crippen LogP contribution is -2.30. The average molecular weight is 468 g/mol. The fraction of sp³-hybridized carbons (Fsp3) is 0.414. The zero-order valence-electron chi connectivity index (χ0n) is 20.8. The molecule has 5 heteroatoms. The number of nitrogens with one attached hydrogen (secondary N) is 1. The Bertz CT molecular complexity index is 857. The first kappa shape index (κ1) is 29.3. The van der Waals surface area contributed by atoms with Crippen molar-refractivity contribution in [2.24, 2.45) is 5.92 Å². The third kappa shape index (κ3) is 14.4. The molecule has 0 radical (unpaired) electrons. The van der Waals surface area contributed by atoms with E-state index in [-0.39, 0.29) is 30.7 Å². The predicted octanol–water partition coefficient (Wildman–Crippen LogP) is 4.62. The fourth-order valence-corrected chi connectivity index (χ4v) is 3.29. The third-order valence-corrected chi connectivity index (χ3v) is 5.26. The maximum absolute atomic E-state index is 12.0. The molecule has 186 valence electrons. The fourth-order valence-electron chi connectivity index (χ4n) is 3.29. The summed E-state index contributed by atoms with van der Waals surface area (Å²) in [5, 5.41) is 33.6. The van der Waals surface area contributed by atoms with E-state index in [4.69, 9.17) is 0 Å². The average Bonchev–Trinajstić information content (AvgIpc) is 2.75. The monoisotopic (exact) mass is 467 g/mol. The number of carbonyl (C=O) groups is 1. The van der Waals surface area contributed by atoms with Gasteiger partial charge in [-0.3, -0.25) is 4.79 Å². The van der Waals surface area contributed by atoms with Crippen LogP contribution in [0.4, 0.5) is 0 Å². The molecule has 0 bridgehead atoms. The van der Waals surface area contributed by atoms with Gasteiger partial charge in [-0.2, -0.15) is 0 Å². The topological polar surface area (TPSA) is 89.8 Å². The summed E-state index contributed by atoms with van der Waals surface area (Å²) >= 11 is 0. The Kier molecular flexibility index (Phi) is 14.5. The van der Waals surface area contributed by atoms with Crippen LogP contribution in [0.15, 0.2) is 96.2 Å². The standard InChI is InChI=1S/C29H41NO4/c1-22-13-9-11-16-25(4)30-29(34)18-8-6-5-7-15-24(3)28(33)21-27(32)20-26(31)17-12-10-14-23(2)19-22/h5-15,17-19,24-28,31-33H,16,20-21H2,1-4H3,(H,30,34)/t24-,25-,26-,27-,28-/m0/s1. The first-order valence-corrected chi connectivity index (χ1v) is 11.9. The molecule has 1 aliphatic heterocycles. The molecule has 0 saturated carbocycles. The van der Waals surface area contributed by atoms with E-state index in [1.54, 1.807) is 36.5 Å². The number of hydrogen-bond acceptors (Lipinski definition) is 4. The minimum absolute atomic E-state index is 0.0181. The van der Waals surface area contributed by atoms with Crippen LogP contribution in [0, 0.1) is 5.92 Å². The maximum Gasteiger partial charge on any atom is 0.244 e. The molecular weight excluding hydrogens is 426 g/mol. The second-order valence-electron chi connectivity index (χ2n) is 8.86. The lowest BCUT2D eigenvalue weighted by atomic mass is 9.96. The zero-order chi connectivity index (χ0) is 25.3. The Morgan fingerprint density at radius 1 is 0.824 bits per heavy atom. The molecule has 0 aromatic heterocycles. The van der Waals surface area contributed by atoms with Crippen molar-refractivity contribution >= 4 is 5.91 Å². The van der Waals surface area contributed by atoms with Crippen LogP contribution >= 0.6 is 0 Å². The lowest BCUT2D eigenvalue weighted by molar-refractivity contribution is -0.117. The summed E-state index contributed by atoms with van der Waals surface area (Å²) in [5.41, 5.74) is 2.16. The van der Waals surface area contributed by atoms with Crippen LogP contribution in [0.5, 0.6) is 0 Å². The summed E-state index contributed by atoms with van der Waals surface area (Å²) in [6, 6.07) is 0.0181. The van der Waals surface area contributed by atoms with E-state index in [0.717, 1.165) is 17.6 Å². The highest BCUT2D eigenvalue weighted by Crippen LogP contribution is 2.14. The smallest absolute Gasteiger partial charge is 0.244 e. The number of aliphatic hydroxyl groups excluding tert-OH is 3. The third-order valence-electron chi connectivity index (χ3n) is 5.26. The molecule has 0 aliphatic carbocycles. The first-order chi connectivity index (χ1) is 16.2. The van der Waals surface area contributed by atoms with Crippen LogP contribution in [0.3, 0.4) is 0 Å². The predicted molar refractivity (Wildman–Crippen MR) is 141 cm³/mol. The highest BCUT2D eigenvalue weighted by Gasteiger charge is 2.18. The highest BCUT2D eigenvalue weighted by molar-refractivity contribution is 5.87. The number of rotatable bonds is 0. The van der Waals surface area contributed by atoms with Crippen molar-refractivity contribution < 1.29 is 20.1 Å². The molecular formula is C29H41NO4. The minimum atomic E-state index is -0.810. The van der Waals surface area contributed by atoms with Gasteiger partial charge in [0.25, 0.3) is 0 Å². The van der Waals surface area contributed by atoms with Gasteiger partial charge in [-0.15, -0.1) is 0 Å². The van der Waals surface area contributed by atoms with Crippen LogP contribution in [0.2, 0.25) is 0 Å². The Labute approximate surface area is 205 Å². The highest BCUT2D eigenvalue weighted by atomic mass is 16.3. The Hall–Kier alpha value is -2.73. The normalized spacial score (nSPS) is 28.9. The molecule has 0 saturated heterocycles. The van der Waals surface area contributed by atoms with Crippen molar-refractivity contribution in [3.63, 3.8) is 0 Å². The zero-order valence-corrected chi connectivity index (χ0v) is 20.8. The van der Waals surface area contributed by atoms with Gasteiger partial charge in [0.05, 0.1) is 18.3 Å². The molecule has 1 aliphatic rings. The van der Waals surface area contributed by atoms with E-state index in [0.29, 0.717) is 0 Å². The van der Waals surface area contributed by atoms with Gasteiger partial charge >= 0.3 is 0 Å². The molecule has 0 unspecified atom stereocenters. The van der Waals surface area contributed by atoms with Crippen molar-refractivity contribution in [1.82, 2.24) is 5.32 Å². The number of carbonyl (C=O) groups excluding carboxylic acids is 1.